The molecule has 15 nitrogen and oxygen atoms in total. The van der Waals surface area contributed by atoms with Gasteiger partial charge in [0.25, 0.3) is 0 Å². The van der Waals surface area contributed by atoms with Crippen LogP contribution in [0.25, 0.3) is 33.3 Å². The second-order valence-corrected chi connectivity index (χ2v) is 19.6. The van der Waals surface area contributed by atoms with Gasteiger partial charge in [-0.05, 0) is 110 Å². The minimum absolute atomic E-state index is 0.0493. The topological polar surface area (TPSA) is 181 Å². The second-order valence-electron chi connectivity index (χ2n) is 19.6. The zero-order valence-corrected chi connectivity index (χ0v) is 39.0. The number of carbonyl (C=O) groups is 5. The van der Waals surface area contributed by atoms with E-state index >= 15 is 0 Å². The van der Waals surface area contributed by atoms with Crippen molar-refractivity contribution >= 4 is 47.2 Å². The van der Waals surface area contributed by atoms with Gasteiger partial charge in [0.1, 0.15) is 24.0 Å². The molecule has 4 atom stereocenters. The average molecular weight is 898 g/mol. The summed E-state index contributed by atoms with van der Waals surface area (Å²) in [6, 6.07) is 14.2. The van der Waals surface area contributed by atoms with Gasteiger partial charge in [0, 0.05) is 61.9 Å². The number of esters is 1. The number of pyridine rings is 1. The summed E-state index contributed by atoms with van der Waals surface area (Å²) in [5.41, 5.74) is 6.91. The first-order valence-electron chi connectivity index (χ1n) is 22.6. The molecule has 0 spiro atoms. The first-order valence-corrected chi connectivity index (χ1v) is 22.6. The second kappa shape index (κ2) is 18.7. The van der Waals surface area contributed by atoms with E-state index < -0.39 is 58.7 Å². The number of hydrogen-bond acceptors (Lipinski definition) is 10. The maximum Gasteiger partial charge on any atom is 0.409 e. The van der Waals surface area contributed by atoms with Crippen molar-refractivity contribution in [2.24, 2.45) is 17.3 Å². The van der Waals surface area contributed by atoms with Crippen LogP contribution in [0.3, 0.4) is 0 Å². The van der Waals surface area contributed by atoms with Crippen LogP contribution in [0.4, 0.5) is 0 Å². The lowest BCUT2D eigenvalue weighted by atomic mass is 9.84. The molecule has 3 aliphatic rings. The number of fused-ring (bicyclic) bond motifs is 6. The van der Waals surface area contributed by atoms with Crippen molar-refractivity contribution in [1.29, 1.82) is 5.26 Å². The van der Waals surface area contributed by atoms with Crippen molar-refractivity contribution in [3.63, 3.8) is 0 Å². The van der Waals surface area contributed by atoms with E-state index in [1.807, 2.05) is 82.5 Å². The van der Waals surface area contributed by atoms with E-state index in [0.29, 0.717) is 43.4 Å². The Labute approximate surface area is 386 Å². The highest BCUT2D eigenvalue weighted by atomic mass is 16.5. The highest BCUT2D eigenvalue weighted by Gasteiger charge is 2.46. The van der Waals surface area contributed by atoms with Gasteiger partial charge in [-0.2, -0.15) is 9.84 Å². The number of phenols is 1. The van der Waals surface area contributed by atoms with E-state index in [4.69, 9.17) is 4.74 Å². The molecular formula is C51H61N8O7+. The smallest absolute Gasteiger partial charge is 0.409 e. The zero-order valence-electron chi connectivity index (χ0n) is 39.0. The summed E-state index contributed by atoms with van der Waals surface area (Å²) in [5, 5.41) is 24.2. The molecule has 2 aromatic heterocycles. The Balaban J connectivity index is 1.34. The monoisotopic (exact) mass is 897 g/mol. The maximum absolute atomic E-state index is 14.9. The van der Waals surface area contributed by atoms with Gasteiger partial charge in [-0.1, -0.05) is 46.4 Å². The molecule has 15 heteroatoms. The molecule has 3 aliphatic heterocycles. The number of hydrazine groups is 1. The number of nitriles is 1. The Morgan fingerprint density at radius 2 is 1.79 bits per heavy atom. The van der Waals surface area contributed by atoms with Crippen LogP contribution in [0.15, 0.2) is 73.6 Å². The summed E-state index contributed by atoms with van der Waals surface area (Å²) in [7, 11) is 1.56. The fraction of sp³-hybridized carbons (Fsp3) is 0.451. The summed E-state index contributed by atoms with van der Waals surface area (Å²) in [6.07, 6.45) is 6.35. The fourth-order valence-electron chi connectivity index (χ4n) is 9.80. The molecule has 346 valence electrons. The number of rotatable bonds is 8. The lowest BCUT2D eigenvalue weighted by molar-refractivity contribution is -0.472. The third-order valence-electron chi connectivity index (χ3n) is 13.2. The minimum atomic E-state index is -1.25. The third-order valence-corrected chi connectivity index (χ3v) is 13.2. The maximum atomic E-state index is 14.9. The van der Waals surface area contributed by atoms with Crippen LogP contribution in [0.5, 0.6) is 5.75 Å². The van der Waals surface area contributed by atoms with Gasteiger partial charge < -0.3 is 24.2 Å². The summed E-state index contributed by atoms with van der Waals surface area (Å²) in [4.78, 5) is 77.2. The number of ether oxygens (including phenoxy) is 1. The van der Waals surface area contributed by atoms with E-state index in [2.05, 4.69) is 29.8 Å². The average Bonchev–Trinajstić information content (AvgIpc) is 3.92. The number of aromatic hydroxyl groups is 1. The van der Waals surface area contributed by atoms with E-state index in [9.17, 15) is 34.3 Å². The van der Waals surface area contributed by atoms with Gasteiger partial charge in [0.2, 0.25) is 17.9 Å². The van der Waals surface area contributed by atoms with Crippen LogP contribution in [0, 0.1) is 28.6 Å². The molecular weight excluding hydrogens is 837 g/mol. The standard InChI is InChI=1S/C51H60N8O7/c1-10-43(61)57-21-17-35(28-57)46(62)56(9)44(31(2)3)48(64)55(8)42-24-32-22-36(25-37(60)23-32)34-13-14-41-38(26-34)39(45(33-15-18-53-19-16-33)59(41)51(6,7)29-52)27-50(4,5)30-66-49(65)40-12-11-20-58(54-40)47(42)63/h10,13-16,18-19,22-23,25-26,31,35,40,42,44,54H,1,8,11-12,17,20-21,24,27-28,30H2,2-7,9H3/p+1/t35-,40-,42-,44-/m0/s1. The molecule has 2 aromatic carbocycles. The molecule has 2 N–H and O–H groups in total. The van der Waals surface area contributed by atoms with Gasteiger partial charge in [-0.3, -0.25) is 29.2 Å². The quantitative estimate of drug-likeness (QED) is 0.0975. The molecule has 6 bridgehead atoms. The van der Waals surface area contributed by atoms with Crippen LogP contribution in [0.2, 0.25) is 0 Å². The van der Waals surface area contributed by atoms with Crippen LogP contribution in [-0.2, 0) is 47.1 Å². The number of benzene rings is 2. The van der Waals surface area contributed by atoms with Crippen LogP contribution >= 0.6 is 0 Å². The normalized spacial score (nSPS) is 20.6. The van der Waals surface area contributed by atoms with Crippen molar-refractivity contribution in [3.8, 4) is 34.2 Å². The van der Waals surface area contributed by atoms with Crippen molar-refractivity contribution in [2.75, 3.05) is 33.3 Å². The van der Waals surface area contributed by atoms with Gasteiger partial charge in [-0.25, -0.2) is 10.2 Å². The number of phenolic OH excluding ortho intramolecular Hbond substituents is 1. The molecule has 0 saturated carbocycles. The number of cyclic esters (lactones) is 1. The minimum Gasteiger partial charge on any atom is -0.508 e. The SMILES string of the molecule is C=CC(=O)N1CC[C@H](C(=O)N(C)[C@H](C(=O)[N+](=C)[C@H]2Cc3cc(O)cc(c3)-c3ccc4c(c3)c(c(-c3ccncc3)n4C(C)(C)C#N)CC(C)(C)COC(=O)[C@@H]3CCCN(N3)C2=O)C(C)C)C1. The first-order chi connectivity index (χ1) is 31.2. The largest absolute Gasteiger partial charge is 0.508 e. The van der Waals surface area contributed by atoms with Gasteiger partial charge in [0.05, 0.1) is 29.8 Å². The molecule has 7 rings (SSSR count). The fourth-order valence-corrected chi connectivity index (χ4v) is 9.80. The van der Waals surface area contributed by atoms with Crippen molar-refractivity contribution < 1.29 is 38.4 Å². The number of amides is 4. The number of hydrogen-bond donors (Lipinski definition) is 2. The lowest BCUT2D eigenvalue weighted by Gasteiger charge is -2.35. The Bertz CT molecular complexity index is 2640. The van der Waals surface area contributed by atoms with Crippen molar-refractivity contribution in [3.05, 3.63) is 84.7 Å². The van der Waals surface area contributed by atoms with Gasteiger partial charge in [-0.15, -0.1) is 0 Å². The van der Waals surface area contributed by atoms with Crippen molar-refractivity contribution in [2.45, 2.75) is 97.3 Å². The number of nitrogens with one attached hydrogen (secondary N) is 1. The van der Waals surface area contributed by atoms with Crippen molar-refractivity contribution in [1.82, 2.24) is 29.8 Å². The number of carbonyl (C=O) groups excluding carboxylic acids is 5. The Hall–Kier alpha value is -6.66. The molecule has 0 radical (unpaired) electrons. The molecule has 0 unspecified atom stereocenters. The predicted molar refractivity (Wildman–Crippen MR) is 250 cm³/mol. The number of nitrogens with zero attached hydrogens (tertiary/aromatic N) is 7. The highest BCUT2D eigenvalue weighted by molar-refractivity contribution is 5.96. The summed E-state index contributed by atoms with van der Waals surface area (Å²) in [6.45, 7) is 20.0. The predicted octanol–water partition coefficient (Wildman–Crippen LogP) is 5.62. The zero-order chi connectivity index (χ0) is 47.8. The molecule has 66 heavy (non-hydrogen) atoms. The number of aromatic nitrogens is 2. The van der Waals surface area contributed by atoms with E-state index in [0.717, 1.165) is 37.9 Å². The Kier molecular flexibility index (Phi) is 13.4. The summed E-state index contributed by atoms with van der Waals surface area (Å²) < 4.78 is 9.25. The van der Waals surface area contributed by atoms with Gasteiger partial charge >= 0.3 is 17.8 Å². The van der Waals surface area contributed by atoms with E-state index in [-0.39, 0.29) is 43.7 Å². The molecule has 0 aliphatic carbocycles. The summed E-state index contributed by atoms with van der Waals surface area (Å²) in [5.74, 6) is -3.16. The molecule has 2 saturated heterocycles. The van der Waals surface area contributed by atoms with E-state index in [1.54, 1.807) is 36.5 Å². The molecule has 4 amide bonds. The lowest BCUT2D eigenvalue weighted by Crippen LogP contribution is -2.61. The van der Waals surface area contributed by atoms with E-state index in [1.165, 1.54) is 16.0 Å². The number of likely N-dealkylation sites (tertiary alicyclic amines) is 1. The third kappa shape index (κ3) is 9.37. The highest BCUT2D eigenvalue weighted by Crippen LogP contribution is 2.43. The Morgan fingerprint density at radius 1 is 1.06 bits per heavy atom. The van der Waals surface area contributed by atoms with Gasteiger partial charge in [0.15, 0.2) is 6.04 Å². The first kappa shape index (κ1) is 47.3. The Morgan fingerprint density at radius 3 is 2.47 bits per heavy atom. The van der Waals surface area contributed by atoms with Crippen LogP contribution < -0.4 is 5.43 Å². The number of likely N-dealkylation sites (N-methyl/N-ethyl adjacent to an activating group) is 1. The molecule has 4 aromatic rings. The summed E-state index contributed by atoms with van der Waals surface area (Å²) >= 11 is 0. The van der Waals surface area contributed by atoms with Crippen LogP contribution in [-0.4, -0.2) is 122 Å². The van der Waals surface area contributed by atoms with Crippen LogP contribution in [0.1, 0.15) is 71.9 Å². The molecule has 2 fully saturated rings. The molecule has 5 heterocycles.